The van der Waals surface area contributed by atoms with E-state index < -0.39 is 0 Å². The Bertz CT molecular complexity index is 383. The molecule has 0 spiro atoms. The molecule has 0 fully saturated rings. The van der Waals surface area contributed by atoms with E-state index in [1.54, 1.807) is 12.1 Å². The van der Waals surface area contributed by atoms with Crippen molar-refractivity contribution in [1.82, 2.24) is 10.6 Å². The van der Waals surface area contributed by atoms with Gasteiger partial charge in [-0.15, -0.1) is 0 Å². The maximum absolute atomic E-state index is 11.3. The van der Waals surface area contributed by atoms with Gasteiger partial charge in [-0.1, -0.05) is 18.5 Å². The van der Waals surface area contributed by atoms with Gasteiger partial charge in [0.25, 0.3) is 0 Å². The second-order valence-corrected chi connectivity index (χ2v) is 4.16. The highest BCUT2D eigenvalue weighted by atomic mass is 35.5. The van der Waals surface area contributed by atoms with Gasteiger partial charge < -0.3 is 15.7 Å². The van der Waals surface area contributed by atoms with Crippen LogP contribution in [0.15, 0.2) is 18.2 Å². The van der Waals surface area contributed by atoms with Crippen LogP contribution >= 0.6 is 11.6 Å². The predicted octanol–water partition coefficient (Wildman–Crippen LogP) is 1.66. The molecule has 1 aromatic carbocycles. The maximum atomic E-state index is 11.3. The van der Waals surface area contributed by atoms with Gasteiger partial charge in [-0.3, -0.25) is 4.79 Å². The molecule has 0 aliphatic heterocycles. The molecule has 0 saturated carbocycles. The van der Waals surface area contributed by atoms with E-state index in [1.165, 1.54) is 6.07 Å². The number of aromatic hydroxyl groups is 1. The second kappa shape index (κ2) is 7.14. The number of hydrogen-bond acceptors (Lipinski definition) is 3. The van der Waals surface area contributed by atoms with Gasteiger partial charge in [0.05, 0.1) is 6.54 Å². The highest BCUT2D eigenvalue weighted by Gasteiger charge is 2.03. The van der Waals surface area contributed by atoms with Crippen LogP contribution in [0.5, 0.6) is 5.75 Å². The van der Waals surface area contributed by atoms with Crippen LogP contribution in [-0.4, -0.2) is 24.1 Å². The average Bonchev–Trinajstić information content (AvgIpc) is 2.31. The molecule has 0 aliphatic carbocycles. The lowest BCUT2D eigenvalue weighted by molar-refractivity contribution is -0.120. The van der Waals surface area contributed by atoms with Crippen molar-refractivity contribution < 1.29 is 9.90 Å². The molecule has 0 aromatic heterocycles. The van der Waals surface area contributed by atoms with Crippen LogP contribution in [0.1, 0.15) is 18.9 Å². The Balaban J connectivity index is 2.35. The molecule has 5 heteroatoms. The van der Waals surface area contributed by atoms with Crippen LogP contribution in [0, 0.1) is 0 Å². The molecule has 1 rings (SSSR count). The quantitative estimate of drug-likeness (QED) is 0.726. The van der Waals surface area contributed by atoms with Gasteiger partial charge >= 0.3 is 0 Å². The standard InChI is InChI=1S/C12H17ClN2O2/c1-2-5-15-12(17)8-14-7-9-6-10(13)3-4-11(9)16/h3-4,6,14,16H,2,5,7-8H2,1H3,(H,15,17). The molecule has 0 radical (unpaired) electrons. The summed E-state index contributed by atoms with van der Waals surface area (Å²) in [6.07, 6.45) is 0.917. The summed E-state index contributed by atoms with van der Waals surface area (Å²) in [7, 11) is 0. The molecule has 0 atom stereocenters. The minimum atomic E-state index is -0.0478. The van der Waals surface area contributed by atoms with E-state index in [0.717, 1.165) is 6.42 Å². The van der Waals surface area contributed by atoms with Gasteiger partial charge in [0.15, 0.2) is 0 Å². The molecule has 1 aromatic rings. The summed E-state index contributed by atoms with van der Waals surface area (Å²) in [5.41, 5.74) is 0.681. The van der Waals surface area contributed by atoms with E-state index in [1.807, 2.05) is 6.92 Å². The number of rotatable bonds is 6. The Labute approximate surface area is 106 Å². The summed E-state index contributed by atoms with van der Waals surface area (Å²) >= 11 is 5.81. The van der Waals surface area contributed by atoms with Crippen molar-refractivity contribution in [3.05, 3.63) is 28.8 Å². The van der Waals surface area contributed by atoms with E-state index in [9.17, 15) is 9.90 Å². The molecule has 4 nitrogen and oxygen atoms in total. The second-order valence-electron chi connectivity index (χ2n) is 3.73. The van der Waals surface area contributed by atoms with Crippen LogP contribution in [0.2, 0.25) is 5.02 Å². The molecule has 0 saturated heterocycles. The Hall–Kier alpha value is -1.26. The van der Waals surface area contributed by atoms with Crippen molar-refractivity contribution in [2.45, 2.75) is 19.9 Å². The van der Waals surface area contributed by atoms with E-state index >= 15 is 0 Å². The van der Waals surface area contributed by atoms with E-state index in [0.29, 0.717) is 23.7 Å². The summed E-state index contributed by atoms with van der Waals surface area (Å²) < 4.78 is 0. The molecule has 17 heavy (non-hydrogen) atoms. The van der Waals surface area contributed by atoms with Crippen molar-refractivity contribution in [3.63, 3.8) is 0 Å². The zero-order chi connectivity index (χ0) is 12.7. The minimum absolute atomic E-state index is 0.0478. The van der Waals surface area contributed by atoms with E-state index in [2.05, 4.69) is 10.6 Å². The number of nitrogens with one attached hydrogen (secondary N) is 2. The number of benzene rings is 1. The zero-order valence-corrected chi connectivity index (χ0v) is 10.5. The average molecular weight is 257 g/mol. The molecule has 0 unspecified atom stereocenters. The highest BCUT2D eigenvalue weighted by molar-refractivity contribution is 6.30. The Morgan fingerprint density at radius 3 is 2.94 bits per heavy atom. The number of carbonyl (C=O) groups excluding carboxylic acids is 1. The third-order valence-electron chi connectivity index (χ3n) is 2.21. The van der Waals surface area contributed by atoms with Gasteiger partial charge in [0, 0.05) is 23.7 Å². The predicted molar refractivity (Wildman–Crippen MR) is 68.1 cm³/mol. The number of phenolic OH excluding ortho intramolecular Hbond substituents is 1. The number of amides is 1. The lowest BCUT2D eigenvalue weighted by atomic mass is 10.2. The van der Waals surface area contributed by atoms with Crippen LogP contribution in [0.4, 0.5) is 0 Å². The third kappa shape index (κ3) is 5.06. The van der Waals surface area contributed by atoms with Crippen molar-refractivity contribution in [1.29, 1.82) is 0 Å². The summed E-state index contributed by atoms with van der Waals surface area (Å²) in [5.74, 6) is 0.129. The first-order valence-electron chi connectivity index (χ1n) is 5.58. The van der Waals surface area contributed by atoms with Gasteiger partial charge in [0.2, 0.25) is 5.91 Å². The van der Waals surface area contributed by atoms with Crippen LogP contribution in [-0.2, 0) is 11.3 Å². The van der Waals surface area contributed by atoms with E-state index in [-0.39, 0.29) is 18.2 Å². The van der Waals surface area contributed by atoms with Crippen molar-refractivity contribution >= 4 is 17.5 Å². The fourth-order valence-corrected chi connectivity index (χ4v) is 1.53. The number of carbonyl (C=O) groups is 1. The normalized spacial score (nSPS) is 10.2. The topological polar surface area (TPSA) is 61.4 Å². The first-order valence-corrected chi connectivity index (χ1v) is 5.96. The van der Waals surface area contributed by atoms with Crippen LogP contribution in [0.3, 0.4) is 0 Å². The first-order chi connectivity index (χ1) is 8.13. The van der Waals surface area contributed by atoms with Crippen molar-refractivity contribution in [3.8, 4) is 5.75 Å². The fraction of sp³-hybridized carbons (Fsp3) is 0.417. The number of hydrogen-bond donors (Lipinski definition) is 3. The molecule has 94 valence electrons. The molecule has 0 heterocycles. The zero-order valence-electron chi connectivity index (χ0n) is 9.79. The smallest absolute Gasteiger partial charge is 0.233 e. The summed E-state index contributed by atoms with van der Waals surface area (Å²) in [6.45, 7) is 3.32. The number of phenols is 1. The number of halogens is 1. The lowest BCUT2D eigenvalue weighted by Gasteiger charge is -2.07. The SMILES string of the molecule is CCCNC(=O)CNCc1cc(Cl)ccc1O. The molecule has 1 amide bonds. The molecule has 0 bridgehead atoms. The minimum Gasteiger partial charge on any atom is -0.508 e. The van der Waals surface area contributed by atoms with Gasteiger partial charge in [0.1, 0.15) is 5.75 Å². The molecular weight excluding hydrogens is 240 g/mol. The summed E-state index contributed by atoms with van der Waals surface area (Å²) in [6, 6.07) is 4.83. The third-order valence-corrected chi connectivity index (χ3v) is 2.45. The fourth-order valence-electron chi connectivity index (χ4n) is 1.33. The molecule has 0 aliphatic rings. The van der Waals surface area contributed by atoms with Crippen molar-refractivity contribution in [2.75, 3.05) is 13.1 Å². The maximum Gasteiger partial charge on any atom is 0.233 e. The monoisotopic (exact) mass is 256 g/mol. The first kappa shape index (κ1) is 13.8. The van der Waals surface area contributed by atoms with E-state index in [4.69, 9.17) is 11.6 Å². The molecular formula is C12H17ClN2O2. The Morgan fingerprint density at radius 1 is 1.47 bits per heavy atom. The summed E-state index contributed by atoms with van der Waals surface area (Å²) in [4.78, 5) is 11.3. The van der Waals surface area contributed by atoms with Gasteiger partial charge in [-0.2, -0.15) is 0 Å². The Kier molecular flexibility index (Phi) is 5.80. The largest absolute Gasteiger partial charge is 0.508 e. The van der Waals surface area contributed by atoms with Crippen LogP contribution in [0.25, 0.3) is 0 Å². The van der Waals surface area contributed by atoms with Crippen molar-refractivity contribution in [2.24, 2.45) is 0 Å². The molecule has 3 N–H and O–H groups in total. The van der Waals surface area contributed by atoms with Gasteiger partial charge in [-0.05, 0) is 24.6 Å². The Morgan fingerprint density at radius 2 is 2.24 bits per heavy atom. The van der Waals surface area contributed by atoms with Crippen LogP contribution < -0.4 is 10.6 Å². The summed E-state index contributed by atoms with van der Waals surface area (Å²) in [5, 5.41) is 15.8. The lowest BCUT2D eigenvalue weighted by Crippen LogP contribution is -2.33. The van der Waals surface area contributed by atoms with Gasteiger partial charge in [-0.25, -0.2) is 0 Å². The highest BCUT2D eigenvalue weighted by Crippen LogP contribution is 2.20.